The van der Waals surface area contributed by atoms with Gasteiger partial charge in [0.2, 0.25) is 5.89 Å². The van der Waals surface area contributed by atoms with E-state index in [0.717, 1.165) is 24.2 Å². The van der Waals surface area contributed by atoms with Gasteiger partial charge >= 0.3 is 6.01 Å². The fraction of sp³-hybridized carbons (Fsp3) is 0.545. The molecule has 0 atom stereocenters. The Morgan fingerprint density at radius 2 is 1.79 bits per heavy atom. The lowest BCUT2D eigenvalue weighted by Crippen LogP contribution is -2.06. The predicted molar refractivity (Wildman–Crippen MR) is 68.9 cm³/mol. The second-order valence-corrected chi connectivity index (χ2v) is 3.89. The van der Waals surface area contributed by atoms with Gasteiger partial charge < -0.3 is 9.73 Å². The molecule has 0 fully saturated rings. The number of nitrogens with zero attached hydrogens (tertiary/aromatic N) is 5. The van der Waals surface area contributed by atoms with Crippen LogP contribution in [0.1, 0.15) is 31.1 Å². The third kappa shape index (κ3) is 3.22. The van der Waals surface area contributed by atoms with Crippen LogP contribution >= 0.6 is 0 Å². The number of aryl methyl sites for hydroxylation is 2. The van der Waals surface area contributed by atoms with Crippen molar-refractivity contribution in [2.75, 3.05) is 12.4 Å². The van der Waals surface area contributed by atoms with Crippen LogP contribution in [0.3, 0.4) is 0 Å². The maximum Gasteiger partial charge on any atom is 0.322 e. The van der Waals surface area contributed by atoms with Gasteiger partial charge in [-0.2, -0.15) is 0 Å². The molecule has 0 saturated carbocycles. The van der Waals surface area contributed by atoms with Crippen LogP contribution < -0.4 is 10.6 Å². The molecule has 8 heteroatoms. The molecule has 0 saturated heterocycles. The molecule has 0 radical (unpaired) electrons. The van der Waals surface area contributed by atoms with Crippen molar-refractivity contribution in [1.29, 1.82) is 0 Å². The standard InChI is InChI=1S/C11H17N7O/c1-4-7-8(5-2)15-17-10(13-7)14-11-18-16-9(19-11)6-12-3/h12H,4-6H2,1-3H3,(H,13,14,17,18). The number of hydrogen-bond donors (Lipinski definition) is 2. The normalized spacial score (nSPS) is 10.7. The van der Waals surface area contributed by atoms with Gasteiger partial charge in [0.25, 0.3) is 5.95 Å². The zero-order valence-electron chi connectivity index (χ0n) is 11.3. The van der Waals surface area contributed by atoms with Crippen molar-refractivity contribution in [3.05, 3.63) is 17.3 Å². The van der Waals surface area contributed by atoms with Crippen molar-refractivity contribution in [2.45, 2.75) is 33.2 Å². The Morgan fingerprint density at radius 3 is 2.47 bits per heavy atom. The molecule has 0 amide bonds. The average Bonchev–Trinajstić information content (AvgIpc) is 2.86. The molecule has 0 unspecified atom stereocenters. The smallest absolute Gasteiger partial charge is 0.322 e. The average molecular weight is 263 g/mol. The van der Waals surface area contributed by atoms with Crippen molar-refractivity contribution >= 4 is 12.0 Å². The lowest BCUT2D eigenvalue weighted by atomic mass is 10.2. The summed E-state index contributed by atoms with van der Waals surface area (Å²) < 4.78 is 5.35. The fourth-order valence-electron chi connectivity index (χ4n) is 1.61. The van der Waals surface area contributed by atoms with Crippen LogP contribution in [0.5, 0.6) is 0 Å². The molecule has 0 aliphatic heterocycles. The molecule has 0 aromatic carbocycles. The number of anilines is 2. The van der Waals surface area contributed by atoms with E-state index in [9.17, 15) is 0 Å². The summed E-state index contributed by atoms with van der Waals surface area (Å²) in [6, 6.07) is 0.262. The van der Waals surface area contributed by atoms with E-state index in [1.54, 1.807) is 7.05 Å². The summed E-state index contributed by atoms with van der Waals surface area (Å²) in [4.78, 5) is 4.38. The molecule has 2 aromatic heterocycles. The third-order valence-corrected chi connectivity index (χ3v) is 2.52. The van der Waals surface area contributed by atoms with Gasteiger partial charge in [0.15, 0.2) is 0 Å². The Hall–Kier alpha value is -2.09. The zero-order chi connectivity index (χ0) is 13.7. The van der Waals surface area contributed by atoms with Crippen LogP contribution in [0.15, 0.2) is 4.42 Å². The maximum absolute atomic E-state index is 5.35. The van der Waals surface area contributed by atoms with E-state index in [2.05, 4.69) is 36.0 Å². The van der Waals surface area contributed by atoms with Crippen LogP contribution in [-0.2, 0) is 19.4 Å². The second-order valence-electron chi connectivity index (χ2n) is 3.89. The highest BCUT2D eigenvalue weighted by molar-refractivity contribution is 5.39. The molecular formula is C11H17N7O. The van der Waals surface area contributed by atoms with E-state index in [0.29, 0.717) is 18.4 Å². The highest BCUT2D eigenvalue weighted by Crippen LogP contribution is 2.12. The van der Waals surface area contributed by atoms with Crippen molar-refractivity contribution in [2.24, 2.45) is 0 Å². The van der Waals surface area contributed by atoms with Crippen molar-refractivity contribution in [3.63, 3.8) is 0 Å². The van der Waals surface area contributed by atoms with Gasteiger partial charge in [-0.3, -0.25) is 5.32 Å². The summed E-state index contributed by atoms with van der Waals surface area (Å²) in [6.07, 6.45) is 1.62. The van der Waals surface area contributed by atoms with Crippen LogP contribution in [0.25, 0.3) is 0 Å². The first-order valence-corrected chi connectivity index (χ1v) is 6.23. The van der Waals surface area contributed by atoms with E-state index >= 15 is 0 Å². The minimum atomic E-state index is 0.262. The van der Waals surface area contributed by atoms with Crippen molar-refractivity contribution in [3.8, 4) is 0 Å². The molecule has 102 valence electrons. The molecule has 0 aliphatic carbocycles. The summed E-state index contributed by atoms with van der Waals surface area (Å²) in [5.41, 5.74) is 1.84. The highest BCUT2D eigenvalue weighted by atomic mass is 16.4. The molecule has 2 aromatic rings. The Kier molecular flexibility index (Phi) is 4.35. The number of hydrogen-bond acceptors (Lipinski definition) is 8. The van der Waals surface area contributed by atoms with Crippen LogP contribution in [0, 0.1) is 0 Å². The van der Waals surface area contributed by atoms with Gasteiger partial charge in [0.05, 0.1) is 17.9 Å². The quantitative estimate of drug-likeness (QED) is 0.790. The molecule has 0 spiro atoms. The van der Waals surface area contributed by atoms with Gasteiger partial charge in [0.1, 0.15) is 0 Å². The van der Waals surface area contributed by atoms with E-state index in [4.69, 9.17) is 4.42 Å². The number of nitrogens with one attached hydrogen (secondary N) is 2. The molecule has 0 aliphatic rings. The Morgan fingerprint density at radius 1 is 1.00 bits per heavy atom. The predicted octanol–water partition coefficient (Wildman–Crippen LogP) is 0.842. The Bertz CT molecular complexity index is 540. The molecule has 19 heavy (non-hydrogen) atoms. The highest BCUT2D eigenvalue weighted by Gasteiger charge is 2.10. The Labute approximate surface area is 111 Å². The largest absolute Gasteiger partial charge is 0.406 e. The second kappa shape index (κ2) is 6.19. The first kappa shape index (κ1) is 13.3. The van der Waals surface area contributed by atoms with Crippen LogP contribution in [-0.4, -0.2) is 32.4 Å². The van der Waals surface area contributed by atoms with Gasteiger partial charge in [0, 0.05) is 0 Å². The summed E-state index contributed by atoms with van der Waals surface area (Å²) in [6.45, 7) is 4.58. The van der Waals surface area contributed by atoms with Crippen LogP contribution in [0.4, 0.5) is 12.0 Å². The minimum absolute atomic E-state index is 0.262. The topological polar surface area (TPSA) is 102 Å². The first-order chi connectivity index (χ1) is 9.26. The van der Waals surface area contributed by atoms with E-state index in [-0.39, 0.29) is 6.01 Å². The minimum Gasteiger partial charge on any atom is -0.406 e. The Balaban J connectivity index is 2.13. The molecule has 0 bridgehead atoms. The van der Waals surface area contributed by atoms with Crippen LogP contribution in [0.2, 0.25) is 0 Å². The molecule has 2 heterocycles. The van der Waals surface area contributed by atoms with E-state index in [1.165, 1.54) is 0 Å². The number of rotatable bonds is 6. The molecule has 8 nitrogen and oxygen atoms in total. The maximum atomic E-state index is 5.35. The van der Waals surface area contributed by atoms with Gasteiger partial charge in [-0.25, -0.2) is 4.98 Å². The summed E-state index contributed by atoms with van der Waals surface area (Å²) >= 11 is 0. The van der Waals surface area contributed by atoms with E-state index in [1.807, 2.05) is 13.8 Å². The monoisotopic (exact) mass is 263 g/mol. The summed E-state index contributed by atoms with van der Waals surface area (Å²) in [5, 5.41) is 21.6. The lowest BCUT2D eigenvalue weighted by molar-refractivity contribution is 0.492. The molecule has 2 rings (SSSR count). The molecule has 2 N–H and O–H groups in total. The summed E-state index contributed by atoms with van der Waals surface area (Å²) in [7, 11) is 1.81. The van der Waals surface area contributed by atoms with Crippen molar-refractivity contribution in [1.82, 2.24) is 30.7 Å². The first-order valence-electron chi connectivity index (χ1n) is 6.23. The number of aromatic nitrogens is 5. The summed E-state index contributed by atoms with van der Waals surface area (Å²) in [5.74, 6) is 0.868. The third-order valence-electron chi connectivity index (χ3n) is 2.52. The van der Waals surface area contributed by atoms with Gasteiger partial charge in [-0.1, -0.05) is 18.9 Å². The van der Waals surface area contributed by atoms with E-state index < -0.39 is 0 Å². The lowest BCUT2D eigenvalue weighted by Gasteiger charge is -2.04. The zero-order valence-corrected chi connectivity index (χ0v) is 11.3. The SMILES string of the molecule is CCc1nnc(Nc2nnc(CNC)o2)nc1CC. The fourth-order valence-corrected chi connectivity index (χ4v) is 1.61. The van der Waals surface area contributed by atoms with Gasteiger partial charge in [-0.15, -0.1) is 15.3 Å². The van der Waals surface area contributed by atoms with Gasteiger partial charge in [-0.05, 0) is 19.9 Å². The van der Waals surface area contributed by atoms with Crippen molar-refractivity contribution < 1.29 is 4.42 Å². The molecular weight excluding hydrogens is 246 g/mol.